The SMILES string of the molecule is COc1cccc(CN2CCCN(c3cc(=O)[nH]c(=O)[nH]3)CC2)c1. The number of rotatable bonds is 4. The smallest absolute Gasteiger partial charge is 0.327 e. The van der Waals surface area contributed by atoms with E-state index in [-0.39, 0.29) is 5.56 Å². The first-order chi connectivity index (χ1) is 11.6. The fraction of sp³-hybridized carbons (Fsp3) is 0.412. The Bertz CT molecular complexity index is 770. The zero-order valence-electron chi connectivity index (χ0n) is 13.7. The van der Waals surface area contributed by atoms with Gasteiger partial charge in [-0.05, 0) is 24.1 Å². The maximum Gasteiger partial charge on any atom is 0.327 e. The summed E-state index contributed by atoms with van der Waals surface area (Å²) in [6.45, 7) is 4.28. The molecule has 24 heavy (non-hydrogen) atoms. The second-order valence-corrected chi connectivity index (χ2v) is 5.94. The monoisotopic (exact) mass is 330 g/mol. The molecule has 1 fully saturated rings. The maximum absolute atomic E-state index is 11.5. The first kappa shape index (κ1) is 16.3. The van der Waals surface area contributed by atoms with Crippen LogP contribution in [0.5, 0.6) is 5.75 Å². The molecule has 0 atom stereocenters. The Morgan fingerprint density at radius 3 is 2.75 bits per heavy atom. The molecule has 0 amide bonds. The van der Waals surface area contributed by atoms with Gasteiger partial charge < -0.3 is 9.64 Å². The molecule has 3 rings (SSSR count). The first-order valence-electron chi connectivity index (χ1n) is 8.08. The minimum absolute atomic E-state index is 0.369. The van der Waals surface area contributed by atoms with Gasteiger partial charge in [-0.25, -0.2) is 4.79 Å². The summed E-state index contributed by atoms with van der Waals surface area (Å²) in [7, 11) is 1.67. The number of methoxy groups -OCH3 is 1. The molecule has 7 nitrogen and oxygen atoms in total. The van der Waals surface area contributed by atoms with Gasteiger partial charge in [0.2, 0.25) is 0 Å². The van der Waals surface area contributed by atoms with Crippen LogP contribution in [0, 0.1) is 0 Å². The van der Waals surface area contributed by atoms with Gasteiger partial charge in [0.15, 0.2) is 0 Å². The molecule has 0 aliphatic carbocycles. The largest absolute Gasteiger partial charge is 0.497 e. The molecular weight excluding hydrogens is 308 g/mol. The number of H-pyrrole nitrogens is 2. The van der Waals surface area contributed by atoms with E-state index >= 15 is 0 Å². The number of ether oxygens (including phenoxy) is 1. The minimum atomic E-state index is -0.463. The summed E-state index contributed by atoms with van der Waals surface area (Å²) >= 11 is 0. The molecule has 1 aromatic carbocycles. The van der Waals surface area contributed by atoms with Gasteiger partial charge >= 0.3 is 5.69 Å². The van der Waals surface area contributed by atoms with Crippen molar-refractivity contribution in [3.63, 3.8) is 0 Å². The van der Waals surface area contributed by atoms with Crippen LogP contribution in [-0.4, -0.2) is 48.2 Å². The lowest BCUT2D eigenvalue weighted by Gasteiger charge is -2.23. The zero-order chi connectivity index (χ0) is 16.9. The lowest BCUT2D eigenvalue weighted by Crippen LogP contribution is -2.33. The Labute approximate surface area is 139 Å². The van der Waals surface area contributed by atoms with Crippen LogP contribution in [0.2, 0.25) is 0 Å². The Hall–Kier alpha value is -2.54. The van der Waals surface area contributed by atoms with Crippen LogP contribution in [0.1, 0.15) is 12.0 Å². The predicted molar refractivity (Wildman–Crippen MR) is 92.8 cm³/mol. The number of anilines is 1. The highest BCUT2D eigenvalue weighted by molar-refractivity contribution is 5.36. The molecule has 0 bridgehead atoms. The van der Waals surface area contributed by atoms with Crippen LogP contribution >= 0.6 is 0 Å². The Balaban J connectivity index is 1.66. The van der Waals surface area contributed by atoms with Gasteiger partial charge in [0, 0.05) is 38.8 Å². The second-order valence-electron chi connectivity index (χ2n) is 5.94. The van der Waals surface area contributed by atoms with E-state index in [0.717, 1.165) is 44.9 Å². The Morgan fingerprint density at radius 1 is 1.08 bits per heavy atom. The highest BCUT2D eigenvalue weighted by atomic mass is 16.5. The van der Waals surface area contributed by atoms with Crippen LogP contribution < -0.4 is 20.9 Å². The number of aromatic nitrogens is 2. The van der Waals surface area contributed by atoms with E-state index in [9.17, 15) is 9.59 Å². The number of nitrogens with zero attached hydrogens (tertiary/aromatic N) is 2. The van der Waals surface area contributed by atoms with Crippen molar-refractivity contribution >= 4 is 5.82 Å². The average Bonchev–Trinajstić information content (AvgIpc) is 2.80. The molecule has 2 aromatic rings. The maximum atomic E-state index is 11.5. The highest BCUT2D eigenvalue weighted by Crippen LogP contribution is 2.16. The van der Waals surface area contributed by atoms with Crippen LogP contribution in [0.25, 0.3) is 0 Å². The van der Waals surface area contributed by atoms with Gasteiger partial charge in [-0.3, -0.25) is 19.7 Å². The molecule has 2 heterocycles. The fourth-order valence-electron chi connectivity index (χ4n) is 3.03. The third-order valence-corrected chi connectivity index (χ3v) is 4.22. The average molecular weight is 330 g/mol. The first-order valence-corrected chi connectivity index (χ1v) is 8.08. The molecule has 1 aliphatic heterocycles. The van der Waals surface area contributed by atoms with Crippen molar-refractivity contribution in [2.45, 2.75) is 13.0 Å². The fourth-order valence-corrected chi connectivity index (χ4v) is 3.03. The molecule has 128 valence electrons. The summed E-state index contributed by atoms with van der Waals surface area (Å²) in [5.41, 5.74) is 0.383. The standard InChI is InChI=1S/C17H22N4O3/c1-24-14-5-2-4-13(10-14)12-20-6-3-7-21(9-8-20)15-11-16(22)19-17(23)18-15/h2,4-5,10-11H,3,6-9,12H2,1H3,(H2,18,19,22,23). The minimum Gasteiger partial charge on any atom is -0.497 e. The van der Waals surface area contributed by atoms with Crippen molar-refractivity contribution in [3.8, 4) is 5.75 Å². The quantitative estimate of drug-likeness (QED) is 0.866. The topological polar surface area (TPSA) is 81.4 Å². The number of nitrogens with one attached hydrogen (secondary N) is 2. The molecule has 2 N–H and O–H groups in total. The van der Waals surface area contributed by atoms with Gasteiger partial charge in [-0.1, -0.05) is 12.1 Å². The van der Waals surface area contributed by atoms with Gasteiger partial charge in [0.05, 0.1) is 7.11 Å². The number of hydrogen-bond donors (Lipinski definition) is 2. The van der Waals surface area contributed by atoms with E-state index in [0.29, 0.717) is 5.82 Å². The van der Waals surface area contributed by atoms with Crippen molar-refractivity contribution in [1.82, 2.24) is 14.9 Å². The summed E-state index contributed by atoms with van der Waals surface area (Å²) < 4.78 is 5.27. The van der Waals surface area contributed by atoms with Crippen molar-refractivity contribution in [2.24, 2.45) is 0 Å². The Kier molecular flexibility index (Phi) is 5.00. The van der Waals surface area contributed by atoms with Crippen LogP contribution in [0.4, 0.5) is 5.82 Å². The molecule has 1 aromatic heterocycles. The molecular formula is C17H22N4O3. The summed E-state index contributed by atoms with van der Waals surface area (Å²) in [5, 5.41) is 0. The molecule has 0 spiro atoms. The number of hydrogen-bond acceptors (Lipinski definition) is 5. The third-order valence-electron chi connectivity index (χ3n) is 4.22. The van der Waals surface area contributed by atoms with Crippen molar-refractivity contribution < 1.29 is 4.74 Å². The molecule has 7 heteroatoms. The van der Waals surface area contributed by atoms with Crippen LogP contribution in [0.3, 0.4) is 0 Å². The summed E-state index contributed by atoms with van der Waals surface area (Å²) in [6, 6.07) is 9.53. The zero-order valence-corrected chi connectivity index (χ0v) is 13.7. The molecule has 1 aliphatic rings. The lowest BCUT2D eigenvalue weighted by molar-refractivity contribution is 0.285. The number of aromatic amines is 2. The summed E-state index contributed by atoms with van der Waals surface area (Å²) in [4.78, 5) is 32.3. The molecule has 0 unspecified atom stereocenters. The third kappa shape index (κ3) is 4.05. The normalized spacial score (nSPS) is 16.0. The summed E-state index contributed by atoms with van der Waals surface area (Å²) in [6.07, 6.45) is 0.971. The lowest BCUT2D eigenvalue weighted by atomic mass is 10.2. The van der Waals surface area contributed by atoms with E-state index in [1.165, 1.54) is 11.6 Å². The van der Waals surface area contributed by atoms with Gasteiger partial charge in [-0.2, -0.15) is 0 Å². The second kappa shape index (κ2) is 7.35. The van der Waals surface area contributed by atoms with Gasteiger partial charge in [0.25, 0.3) is 5.56 Å². The van der Waals surface area contributed by atoms with Crippen molar-refractivity contribution in [1.29, 1.82) is 0 Å². The van der Waals surface area contributed by atoms with E-state index in [1.807, 2.05) is 12.1 Å². The van der Waals surface area contributed by atoms with Gasteiger partial charge in [-0.15, -0.1) is 0 Å². The van der Waals surface area contributed by atoms with E-state index < -0.39 is 5.69 Å². The van der Waals surface area contributed by atoms with E-state index in [1.54, 1.807) is 7.11 Å². The highest BCUT2D eigenvalue weighted by Gasteiger charge is 2.16. The van der Waals surface area contributed by atoms with Crippen molar-refractivity contribution in [2.75, 3.05) is 38.2 Å². The van der Waals surface area contributed by atoms with E-state index in [2.05, 4.69) is 31.9 Å². The van der Waals surface area contributed by atoms with E-state index in [4.69, 9.17) is 4.74 Å². The van der Waals surface area contributed by atoms with Crippen LogP contribution in [-0.2, 0) is 6.54 Å². The molecule has 0 radical (unpaired) electrons. The molecule has 0 saturated carbocycles. The number of benzene rings is 1. The molecule has 1 saturated heterocycles. The van der Waals surface area contributed by atoms with Gasteiger partial charge in [0.1, 0.15) is 11.6 Å². The Morgan fingerprint density at radius 2 is 1.96 bits per heavy atom. The van der Waals surface area contributed by atoms with Crippen LogP contribution in [0.15, 0.2) is 39.9 Å². The van der Waals surface area contributed by atoms with Crippen molar-refractivity contribution in [3.05, 3.63) is 56.7 Å². The summed E-state index contributed by atoms with van der Waals surface area (Å²) in [5.74, 6) is 1.46. The predicted octanol–water partition coefficient (Wildman–Crippen LogP) is 0.784.